The van der Waals surface area contributed by atoms with Crippen LogP contribution in [0.25, 0.3) is 5.52 Å². The maximum absolute atomic E-state index is 10.9. The fraction of sp³-hybridized carbons (Fsp3) is 0.111. The molecule has 2 rings (SSSR count). The van der Waals surface area contributed by atoms with E-state index in [9.17, 15) is 9.59 Å². The highest BCUT2D eigenvalue weighted by atomic mass is 16.4. The summed E-state index contributed by atoms with van der Waals surface area (Å²) in [6.07, 6.45) is 1.75. The van der Waals surface area contributed by atoms with E-state index in [-0.39, 0.29) is 16.8 Å². The van der Waals surface area contributed by atoms with Crippen LogP contribution in [0.1, 0.15) is 26.5 Å². The monoisotopic (exact) mass is 205 g/mol. The van der Waals surface area contributed by atoms with Crippen molar-refractivity contribution in [3.8, 4) is 0 Å². The highest BCUT2D eigenvalue weighted by Crippen LogP contribution is 2.16. The van der Waals surface area contributed by atoms with Crippen LogP contribution < -0.4 is 0 Å². The minimum Gasteiger partial charge on any atom is -0.476 e. The third-order valence-corrected chi connectivity index (χ3v) is 2.09. The lowest BCUT2D eigenvalue weighted by Crippen LogP contribution is -2.07. The van der Waals surface area contributed by atoms with Gasteiger partial charge in [-0.05, 0) is 13.0 Å². The molecule has 0 saturated heterocycles. The number of hydrogen-bond acceptors (Lipinski definition) is 4. The highest BCUT2D eigenvalue weighted by Gasteiger charge is 2.16. The Balaban J connectivity index is 2.94. The van der Waals surface area contributed by atoms with Gasteiger partial charge in [0.25, 0.3) is 0 Å². The Hall–Kier alpha value is -2.24. The van der Waals surface area contributed by atoms with E-state index in [0.717, 1.165) is 6.33 Å². The summed E-state index contributed by atoms with van der Waals surface area (Å²) >= 11 is 0. The normalized spacial score (nSPS) is 10.5. The van der Waals surface area contributed by atoms with Crippen LogP contribution in [0.3, 0.4) is 0 Å². The predicted octanol–water partition coefficient (Wildman–Crippen LogP) is 0.548. The van der Waals surface area contributed by atoms with Gasteiger partial charge in [0.05, 0.1) is 0 Å². The fourth-order valence-corrected chi connectivity index (χ4v) is 1.48. The lowest BCUT2D eigenvalue weighted by atomic mass is 10.2. The van der Waals surface area contributed by atoms with Crippen molar-refractivity contribution in [2.75, 3.05) is 0 Å². The standard InChI is InChI=1S/C9H7N3O3/c1-5-2-6(3-13)8-7(9(14)15)10-4-11-12(5)8/h2-4H,1H3,(H,14,15). The lowest BCUT2D eigenvalue weighted by molar-refractivity contribution is 0.0692. The number of carboxylic acids is 1. The van der Waals surface area contributed by atoms with Gasteiger partial charge in [0, 0.05) is 11.3 Å². The van der Waals surface area contributed by atoms with Gasteiger partial charge >= 0.3 is 5.97 Å². The molecular weight excluding hydrogens is 198 g/mol. The van der Waals surface area contributed by atoms with E-state index in [1.807, 2.05) is 0 Å². The van der Waals surface area contributed by atoms with Crippen LogP contribution >= 0.6 is 0 Å². The summed E-state index contributed by atoms with van der Waals surface area (Å²) in [6, 6.07) is 1.57. The summed E-state index contributed by atoms with van der Waals surface area (Å²) in [5, 5.41) is 12.8. The minimum absolute atomic E-state index is 0.166. The van der Waals surface area contributed by atoms with Gasteiger partial charge in [-0.1, -0.05) is 0 Å². The molecule has 0 atom stereocenters. The first-order chi connectivity index (χ1) is 7.15. The molecule has 0 unspecified atom stereocenters. The third kappa shape index (κ3) is 1.26. The number of hydrogen-bond donors (Lipinski definition) is 1. The largest absolute Gasteiger partial charge is 0.476 e. The first-order valence-corrected chi connectivity index (χ1v) is 4.17. The van der Waals surface area contributed by atoms with Crippen LogP contribution in [0, 0.1) is 6.92 Å². The van der Waals surface area contributed by atoms with Crippen molar-refractivity contribution in [1.29, 1.82) is 0 Å². The molecule has 2 aromatic heterocycles. The Kier molecular flexibility index (Phi) is 1.96. The second-order valence-corrected chi connectivity index (χ2v) is 3.03. The van der Waals surface area contributed by atoms with Gasteiger partial charge in [-0.3, -0.25) is 4.79 Å². The zero-order valence-corrected chi connectivity index (χ0v) is 7.84. The van der Waals surface area contributed by atoms with Crippen molar-refractivity contribution in [3.05, 3.63) is 29.3 Å². The van der Waals surface area contributed by atoms with Crippen LogP contribution in [-0.4, -0.2) is 32.0 Å². The predicted molar refractivity (Wildman–Crippen MR) is 50.1 cm³/mol. The molecule has 0 aliphatic rings. The lowest BCUT2D eigenvalue weighted by Gasteiger charge is -1.99. The maximum atomic E-state index is 10.9. The zero-order chi connectivity index (χ0) is 11.0. The molecule has 0 bridgehead atoms. The Morgan fingerprint density at radius 1 is 1.60 bits per heavy atom. The molecule has 6 heteroatoms. The summed E-state index contributed by atoms with van der Waals surface area (Å²) in [6.45, 7) is 1.73. The van der Waals surface area contributed by atoms with Gasteiger partial charge in [-0.2, -0.15) is 5.10 Å². The molecule has 2 heterocycles. The number of aldehydes is 1. The summed E-state index contributed by atoms with van der Waals surface area (Å²) in [7, 11) is 0. The van der Waals surface area contributed by atoms with E-state index in [4.69, 9.17) is 5.11 Å². The molecule has 0 spiro atoms. The van der Waals surface area contributed by atoms with Gasteiger partial charge in [-0.25, -0.2) is 14.3 Å². The number of nitrogens with zero attached hydrogens (tertiary/aromatic N) is 3. The van der Waals surface area contributed by atoms with E-state index in [1.54, 1.807) is 13.0 Å². The topological polar surface area (TPSA) is 84.6 Å². The summed E-state index contributed by atoms with van der Waals surface area (Å²) in [4.78, 5) is 25.3. The van der Waals surface area contributed by atoms with Crippen molar-refractivity contribution in [3.63, 3.8) is 0 Å². The second kappa shape index (κ2) is 3.16. The smallest absolute Gasteiger partial charge is 0.356 e. The molecule has 15 heavy (non-hydrogen) atoms. The van der Waals surface area contributed by atoms with Crippen LogP contribution in [0.5, 0.6) is 0 Å². The van der Waals surface area contributed by atoms with Gasteiger partial charge in [0.1, 0.15) is 11.8 Å². The molecule has 6 nitrogen and oxygen atoms in total. The molecular formula is C9H7N3O3. The van der Waals surface area contributed by atoms with Crippen LogP contribution in [0.2, 0.25) is 0 Å². The first-order valence-electron chi connectivity index (χ1n) is 4.17. The van der Waals surface area contributed by atoms with E-state index >= 15 is 0 Å². The quantitative estimate of drug-likeness (QED) is 0.723. The summed E-state index contributed by atoms with van der Waals surface area (Å²) in [5.74, 6) is -1.18. The van der Waals surface area contributed by atoms with E-state index in [2.05, 4.69) is 10.1 Å². The van der Waals surface area contributed by atoms with Gasteiger partial charge < -0.3 is 5.11 Å². The number of aryl methyl sites for hydroxylation is 1. The molecule has 0 aliphatic heterocycles. The van der Waals surface area contributed by atoms with Crippen molar-refractivity contribution in [2.24, 2.45) is 0 Å². The van der Waals surface area contributed by atoms with Crippen molar-refractivity contribution >= 4 is 17.8 Å². The van der Waals surface area contributed by atoms with Crippen LogP contribution in [0.4, 0.5) is 0 Å². The van der Waals surface area contributed by atoms with Gasteiger partial charge in [0.2, 0.25) is 0 Å². The maximum Gasteiger partial charge on any atom is 0.356 e. The van der Waals surface area contributed by atoms with Crippen LogP contribution in [-0.2, 0) is 0 Å². The molecule has 0 fully saturated rings. The first kappa shape index (κ1) is 9.32. The number of fused-ring (bicyclic) bond motifs is 1. The second-order valence-electron chi connectivity index (χ2n) is 3.03. The number of aromatic nitrogens is 3. The molecule has 0 aromatic carbocycles. The summed E-state index contributed by atoms with van der Waals surface area (Å²) in [5.41, 5.74) is 1.04. The van der Waals surface area contributed by atoms with E-state index in [1.165, 1.54) is 4.52 Å². The Morgan fingerprint density at radius 2 is 2.33 bits per heavy atom. The molecule has 0 saturated carbocycles. The number of carbonyl (C=O) groups excluding carboxylic acids is 1. The van der Waals surface area contributed by atoms with Crippen LogP contribution in [0.15, 0.2) is 12.4 Å². The molecule has 0 aliphatic carbocycles. The average molecular weight is 205 g/mol. The SMILES string of the molecule is Cc1cc(C=O)c2c(C(=O)O)ncnn12. The molecule has 0 amide bonds. The molecule has 76 valence electrons. The highest BCUT2D eigenvalue weighted by molar-refractivity contribution is 5.99. The Labute approximate surface area is 84.2 Å². The van der Waals surface area contributed by atoms with Gasteiger partial charge in [0.15, 0.2) is 12.0 Å². The van der Waals surface area contributed by atoms with Gasteiger partial charge in [-0.15, -0.1) is 0 Å². The van der Waals surface area contributed by atoms with E-state index < -0.39 is 5.97 Å². The molecule has 0 radical (unpaired) electrons. The van der Waals surface area contributed by atoms with Crippen molar-refractivity contribution < 1.29 is 14.7 Å². The van der Waals surface area contributed by atoms with Crippen molar-refractivity contribution in [2.45, 2.75) is 6.92 Å². The number of aromatic carboxylic acids is 1. The number of rotatable bonds is 2. The molecule has 1 N–H and O–H groups in total. The zero-order valence-electron chi connectivity index (χ0n) is 7.84. The number of carboxylic acid groups (broad SMARTS) is 1. The minimum atomic E-state index is -1.18. The Morgan fingerprint density at radius 3 is 2.93 bits per heavy atom. The average Bonchev–Trinajstić information content (AvgIpc) is 2.55. The fourth-order valence-electron chi connectivity index (χ4n) is 1.48. The molecule has 2 aromatic rings. The van der Waals surface area contributed by atoms with Crippen molar-refractivity contribution in [1.82, 2.24) is 14.6 Å². The van der Waals surface area contributed by atoms with E-state index in [0.29, 0.717) is 12.0 Å². The Bertz CT molecular complexity index is 559. The third-order valence-electron chi connectivity index (χ3n) is 2.09. The summed E-state index contributed by atoms with van der Waals surface area (Å²) < 4.78 is 1.39. The number of carbonyl (C=O) groups is 2.